The van der Waals surface area contributed by atoms with E-state index >= 15 is 0 Å². The molecular formula is C18H24Br3N3O3S. The molecule has 0 saturated carbocycles. The van der Waals surface area contributed by atoms with Gasteiger partial charge in [-0.05, 0) is 53.7 Å². The third-order valence-corrected chi connectivity index (χ3v) is 6.41. The minimum absolute atomic E-state index is 0. The van der Waals surface area contributed by atoms with Crippen molar-refractivity contribution in [3.63, 3.8) is 0 Å². The van der Waals surface area contributed by atoms with Crippen LogP contribution >= 0.6 is 61.7 Å². The molecule has 1 aromatic carbocycles. The molecule has 2 atom stereocenters. The predicted molar refractivity (Wildman–Crippen MR) is 128 cm³/mol. The first-order chi connectivity index (χ1) is 12.5. The van der Waals surface area contributed by atoms with E-state index in [0.717, 1.165) is 28.8 Å². The number of hydrogen-bond donors (Lipinski definition) is 1. The fourth-order valence-corrected chi connectivity index (χ4v) is 4.64. The second-order valence-electron chi connectivity index (χ2n) is 6.40. The highest BCUT2D eigenvalue weighted by Gasteiger charge is 2.26. The number of fused-ring (bicyclic) bond motifs is 1. The van der Waals surface area contributed by atoms with Crippen LogP contribution in [0.5, 0.6) is 0 Å². The standard InChI is InChI=1S/C18H22BrN3O3S.2BrH/c1-25-16-4-3-5-20-15(16)6-11(23)9-22-10-21-14-8-13(19)17(26-2)7-12(14)18(22)24;;/h7-8,10,15-16,20H,3-6,9H2,1-2H3;2*1H. The Morgan fingerprint density at radius 2 is 2.18 bits per heavy atom. The van der Waals surface area contributed by atoms with Gasteiger partial charge in [0.15, 0.2) is 5.78 Å². The SMILES string of the molecule is Br.Br.COC1CCCNC1CC(=O)Cn1cnc2cc(Br)c(SC)cc2c1=O. The number of nitrogens with zero attached hydrogens (tertiary/aromatic N) is 2. The second-order valence-corrected chi connectivity index (χ2v) is 8.10. The predicted octanol–water partition coefficient (Wildman–Crippen LogP) is 3.76. The average Bonchev–Trinajstić information content (AvgIpc) is 2.64. The minimum Gasteiger partial charge on any atom is -0.380 e. The van der Waals surface area contributed by atoms with Crippen LogP contribution in [-0.2, 0) is 16.1 Å². The molecule has 2 unspecified atom stereocenters. The summed E-state index contributed by atoms with van der Waals surface area (Å²) in [5.41, 5.74) is 0.433. The number of nitrogens with one attached hydrogen (secondary N) is 1. The first kappa shape index (κ1) is 25.8. The number of rotatable bonds is 6. The van der Waals surface area contributed by atoms with Crippen LogP contribution in [0, 0.1) is 0 Å². The normalized spacial score (nSPS) is 19.0. The molecule has 3 rings (SSSR count). The van der Waals surface area contributed by atoms with Gasteiger partial charge in [0, 0.05) is 28.9 Å². The minimum atomic E-state index is -0.189. The summed E-state index contributed by atoms with van der Waals surface area (Å²) in [6.45, 7) is 0.919. The van der Waals surface area contributed by atoms with Crippen molar-refractivity contribution in [2.45, 2.75) is 42.8 Å². The van der Waals surface area contributed by atoms with Crippen molar-refractivity contribution in [1.82, 2.24) is 14.9 Å². The van der Waals surface area contributed by atoms with Crippen LogP contribution < -0.4 is 10.9 Å². The fraction of sp³-hybridized carbons (Fsp3) is 0.500. The number of Topliss-reactive ketones (excluding diaryl/α,β-unsaturated/α-hetero) is 1. The molecule has 2 aromatic rings. The molecule has 1 saturated heterocycles. The van der Waals surface area contributed by atoms with Gasteiger partial charge in [-0.25, -0.2) is 4.98 Å². The average molecular weight is 602 g/mol. The van der Waals surface area contributed by atoms with Crippen molar-refractivity contribution in [1.29, 1.82) is 0 Å². The van der Waals surface area contributed by atoms with E-state index in [-0.39, 0.29) is 64.0 Å². The summed E-state index contributed by atoms with van der Waals surface area (Å²) >= 11 is 5.04. The molecule has 2 heterocycles. The zero-order valence-corrected chi connectivity index (χ0v) is 21.5. The van der Waals surface area contributed by atoms with Crippen LogP contribution in [0.3, 0.4) is 0 Å². The largest absolute Gasteiger partial charge is 0.380 e. The van der Waals surface area contributed by atoms with E-state index in [4.69, 9.17) is 4.74 Å². The van der Waals surface area contributed by atoms with Crippen molar-refractivity contribution >= 4 is 78.3 Å². The van der Waals surface area contributed by atoms with Gasteiger partial charge < -0.3 is 10.1 Å². The quantitative estimate of drug-likeness (QED) is 0.509. The molecule has 10 heteroatoms. The van der Waals surface area contributed by atoms with Gasteiger partial charge in [-0.3, -0.25) is 14.2 Å². The third-order valence-electron chi connectivity index (χ3n) is 4.72. The van der Waals surface area contributed by atoms with Crippen molar-refractivity contribution in [2.24, 2.45) is 0 Å². The molecule has 1 fully saturated rings. The summed E-state index contributed by atoms with van der Waals surface area (Å²) in [6, 6.07) is 3.66. The molecular weight excluding hydrogens is 578 g/mol. The maximum atomic E-state index is 12.8. The molecule has 0 radical (unpaired) electrons. The van der Waals surface area contributed by atoms with Crippen LogP contribution in [0.25, 0.3) is 10.9 Å². The monoisotopic (exact) mass is 599 g/mol. The second kappa shape index (κ2) is 11.8. The molecule has 156 valence electrons. The lowest BCUT2D eigenvalue weighted by Crippen LogP contribution is -2.47. The van der Waals surface area contributed by atoms with Gasteiger partial charge in [0.25, 0.3) is 5.56 Å². The van der Waals surface area contributed by atoms with Gasteiger partial charge >= 0.3 is 0 Å². The van der Waals surface area contributed by atoms with Gasteiger partial charge in [-0.2, -0.15) is 0 Å². The molecule has 1 aliphatic rings. The Labute approximate surface area is 197 Å². The Hall–Kier alpha value is -0.260. The van der Waals surface area contributed by atoms with E-state index in [2.05, 4.69) is 26.2 Å². The fourth-order valence-electron chi connectivity index (χ4n) is 3.34. The van der Waals surface area contributed by atoms with Crippen LogP contribution in [-0.4, -0.2) is 47.4 Å². The molecule has 0 amide bonds. The molecule has 28 heavy (non-hydrogen) atoms. The Balaban J connectivity index is 0.00000196. The van der Waals surface area contributed by atoms with E-state index in [1.54, 1.807) is 18.9 Å². The first-order valence-corrected chi connectivity index (χ1v) is 10.6. The van der Waals surface area contributed by atoms with Gasteiger partial charge in [0.05, 0.1) is 29.9 Å². The van der Waals surface area contributed by atoms with Crippen LogP contribution in [0.2, 0.25) is 0 Å². The van der Waals surface area contributed by atoms with Crippen molar-refractivity contribution < 1.29 is 9.53 Å². The van der Waals surface area contributed by atoms with Gasteiger partial charge in [0.1, 0.15) is 0 Å². The Kier molecular flexibility index (Phi) is 10.9. The van der Waals surface area contributed by atoms with Crippen molar-refractivity contribution in [3.8, 4) is 0 Å². The maximum absolute atomic E-state index is 12.8. The van der Waals surface area contributed by atoms with Crippen molar-refractivity contribution in [2.75, 3.05) is 19.9 Å². The molecule has 1 aliphatic heterocycles. The Morgan fingerprint density at radius 3 is 2.86 bits per heavy atom. The number of piperidine rings is 1. The van der Waals surface area contributed by atoms with Crippen LogP contribution in [0.4, 0.5) is 0 Å². The number of carbonyl (C=O) groups is 1. The Morgan fingerprint density at radius 1 is 1.43 bits per heavy atom. The number of thioether (sulfide) groups is 1. The number of hydrogen-bond acceptors (Lipinski definition) is 6. The maximum Gasteiger partial charge on any atom is 0.261 e. The molecule has 1 aromatic heterocycles. The van der Waals surface area contributed by atoms with E-state index < -0.39 is 0 Å². The summed E-state index contributed by atoms with van der Waals surface area (Å²) < 4.78 is 7.78. The molecule has 0 spiro atoms. The van der Waals surface area contributed by atoms with Crippen LogP contribution in [0.1, 0.15) is 19.3 Å². The van der Waals surface area contributed by atoms with E-state index in [1.165, 1.54) is 10.9 Å². The number of halogens is 3. The third kappa shape index (κ3) is 5.89. The molecule has 6 nitrogen and oxygen atoms in total. The lowest BCUT2D eigenvalue weighted by Gasteiger charge is -2.31. The highest BCUT2D eigenvalue weighted by molar-refractivity contribution is 9.10. The smallest absolute Gasteiger partial charge is 0.261 e. The number of benzene rings is 1. The van der Waals surface area contributed by atoms with Crippen LogP contribution in [0.15, 0.2) is 32.6 Å². The highest BCUT2D eigenvalue weighted by Crippen LogP contribution is 2.28. The van der Waals surface area contributed by atoms with E-state index in [0.29, 0.717) is 17.3 Å². The molecule has 1 N–H and O–H groups in total. The lowest BCUT2D eigenvalue weighted by atomic mass is 9.96. The number of aromatic nitrogens is 2. The number of carbonyl (C=O) groups excluding carboxylic acids is 1. The number of ether oxygens (including phenoxy) is 1. The highest BCUT2D eigenvalue weighted by atomic mass is 79.9. The topological polar surface area (TPSA) is 73.2 Å². The Bertz CT molecular complexity index is 878. The van der Waals surface area contributed by atoms with Gasteiger partial charge in [-0.1, -0.05) is 0 Å². The van der Waals surface area contributed by atoms with Crippen molar-refractivity contribution in [3.05, 3.63) is 33.3 Å². The summed E-state index contributed by atoms with van der Waals surface area (Å²) in [6.07, 6.45) is 5.79. The lowest BCUT2D eigenvalue weighted by molar-refractivity contribution is -0.121. The summed E-state index contributed by atoms with van der Waals surface area (Å²) in [5, 5.41) is 3.87. The van der Waals surface area contributed by atoms with E-state index in [9.17, 15) is 9.59 Å². The molecule has 0 aliphatic carbocycles. The zero-order chi connectivity index (χ0) is 18.7. The number of methoxy groups -OCH3 is 1. The summed E-state index contributed by atoms with van der Waals surface area (Å²) in [5.74, 6) is -0.00287. The molecule has 0 bridgehead atoms. The zero-order valence-electron chi connectivity index (χ0n) is 15.6. The first-order valence-electron chi connectivity index (χ1n) is 8.54. The summed E-state index contributed by atoms with van der Waals surface area (Å²) in [7, 11) is 1.67. The van der Waals surface area contributed by atoms with E-state index in [1.807, 2.05) is 18.4 Å². The van der Waals surface area contributed by atoms with Gasteiger partial charge in [0.2, 0.25) is 0 Å². The summed E-state index contributed by atoms with van der Waals surface area (Å²) in [4.78, 5) is 30.6. The van der Waals surface area contributed by atoms with Gasteiger partial charge in [-0.15, -0.1) is 45.7 Å². The number of ketones is 1.